The maximum atomic E-state index is 12.7. The molecular formula is C24H25ClN2O5S. The molecule has 3 aromatic carbocycles. The van der Waals surface area contributed by atoms with E-state index in [9.17, 15) is 13.2 Å². The smallest absolute Gasteiger partial charge is 0.265 e. The van der Waals surface area contributed by atoms with Gasteiger partial charge >= 0.3 is 0 Å². The zero-order valence-electron chi connectivity index (χ0n) is 18.5. The van der Waals surface area contributed by atoms with Crippen LogP contribution in [0.25, 0.3) is 0 Å². The lowest BCUT2D eigenvalue weighted by Gasteiger charge is -2.17. The molecule has 0 spiro atoms. The topological polar surface area (TPSA) is 93.7 Å². The van der Waals surface area contributed by atoms with Crippen LogP contribution < -0.4 is 19.5 Å². The SMILES string of the molecule is CC[C@H](Oc1ccc(OC)cc1)C(=O)Nc1ccc(S(=O)(=O)Nc2cc(Cl)ccc2C)cc1. The Morgan fingerprint density at radius 2 is 1.64 bits per heavy atom. The number of carbonyl (C=O) groups is 1. The molecule has 1 amide bonds. The molecule has 0 aromatic heterocycles. The quantitative estimate of drug-likeness (QED) is 0.429. The van der Waals surface area contributed by atoms with Crippen molar-refractivity contribution in [1.82, 2.24) is 0 Å². The minimum atomic E-state index is -3.82. The van der Waals surface area contributed by atoms with Gasteiger partial charge in [-0.05, 0) is 79.6 Å². The Bertz CT molecular complexity index is 1210. The molecule has 0 bridgehead atoms. The Hall–Kier alpha value is -3.23. The molecule has 33 heavy (non-hydrogen) atoms. The van der Waals surface area contributed by atoms with Crippen molar-refractivity contribution in [3.63, 3.8) is 0 Å². The second kappa shape index (κ2) is 10.6. The summed E-state index contributed by atoms with van der Waals surface area (Å²) < 4.78 is 38.9. The normalized spacial score (nSPS) is 12.0. The van der Waals surface area contributed by atoms with E-state index in [2.05, 4.69) is 10.0 Å². The number of ether oxygens (including phenoxy) is 2. The number of amides is 1. The van der Waals surface area contributed by atoms with Gasteiger partial charge in [0, 0.05) is 10.7 Å². The molecule has 0 aliphatic carbocycles. The van der Waals surface area contributed by atoms with Crippen LogP contribution in [0.2, 0.25) is 5.02 Å². The van der Waals surface area contributed by atoms with Crippen LogP contribution in [-0.2, 0) is 14.8 Å². The summed E-state index contributed by atoms with van der Waals surface area (Å²) >= 11 is 5.97. The van der Waals surface area contributed by atoms with Crippen molar-refractivity contribution in [2.45, 2.75) is 31.3 Å². The number of methoxy groups -OCH3 is 1. The van der Waals surface area contributed by atoms with E-state index in [1.165, 1.54) is 24.3 Å². The number of hydrogen-bond acceptors (Lipinski definition) is 5. The molecule has 1 atom stereocenters. The Morgan fingerprint density at radius 3 is 2.24 bits per heavy atom. The highest BCUT2D eigenvalue weighted by Gasteiger charge is 2.20. The van der Waals surface area contributed by atoms with Gasteiger partial charge in [0.15, 0.2) is 6.10 Å². The van der Waals surface area contributed by atoms with Crippen LogP contribution in [-0.4, -0.2) is 27.5 Å². The summed E-state index contributed by atoms with van der Waals surface area (Å²) in [6, 6.07) is 17.8. The Labute approximate surface area is 198 Å². The number of carbonyl (C=O) groups excluding carboxylic acids is 1. The first-order chi connectivity index (χ1) is 15.7. The average molecular weight is 489 g/mol. The summed E-state index contributed by atoms with van der Waals surface area (Å²) in [7, 11) is -2.25. The van der Waals surface area contributed by atoms with Crippen LogP contribution in [0.5, 0.6) is 11.5 Å². The second-order valence-corrected chi connectivity index (χ2v) is 9.39. The van der Waals surface area contributed by atoms with Gasteiger partial charge < -0.3 is 14.8 Å². The molecule has 0 aliphatic rings. The van der Waals surface area contributed by atoms with E-state index in [-0.39, 0.29) is 10.8 Å². The maximum Gasteiger partial charge on any atom is 0.265 e. The Balaban J connectivity index is 1.67. The van der Waals surface area contributed by atoms with Crippen molar-refractivity contribution >= 4 is 38.9 Å². The third kappa shape index (κ3) is 6.40. The molecule has 0 saturated heterocycles. The lowest BCUT2D eigenvalue weighted by Crippen LogP contribution is -2.32. The molecule has 0 fully saturated rings. The largest absolute Gasteiger partial charge is 0.497 e. The van der Waals surface area contributed by atoms with E-state index in [1.807, 2.05) is 6.92 Å². The zero-order valence-corrected chi connectivity index (χ0v) is 20.0. The lowest BCUT2D eigenvalue weighted by molar-refractivity contribution is -0.122. The third-order valence-corrected chi connectivity index (χ3v) is 6.49. The predicted octanol–water partition coefficient (Wildman–Crippen LogP) is 5.25. The van der Waals surface area contributed by atoms with Crippen LogP contribution in [0.4, 0.5) is 11.4 Å². The molecule has 0 saturated carbocycles. The Kier molecular flexibility index (Phi) is 7.84. The summed E-state index contributed by atoms with van der Waals surface area (Å²) in [6.07, 6.45) is -0.262. The number of anilines is 2. The minimum Gasteiger partial charge on any atom is -0.497 e. The van der Waals surface area contributed by atoms with Gasteiger partial charge in [-0.1, -0.05) is 24.6 Å². The van der Waals surface area contributed by atoms with Gasteiger partial charge in [0.25, 0.3) is 15.9 Å². The van der Waals surface area contributed by atoms with Gasteiger partial charge in [-0.2, -0.15) is 0 Å². The summed E-state index contributed by atoms with van der Waals surface area (Å²) in [4.78, 5) is 12.7. The van der Waals surface area contributed by atoms with Crippen molar-refractivity contribution in [3.8, 4) is 11.5 Å². The number of rotatable bonds is 9. The van der Waals surface area contributed by atoms with Gasteiger partial charge in [0.05, 0.1) is 17.7 Å². The minimum absolute atomic E-state index is 0.0569. The standard InChI is InChI=1S/C24H25ClN2O5S/c1-4-23(32-20-11-9-19(31-3)10-12-20)24(28)26-18-7-13-21(14-8-18)33(29,30)27-22-15-17(25)6-5-16(22)2/h5-15,23,27H,4H2,1-3H3,(H,26,28)/t23-/m0/s1. The first-order valence-electron chi connectivity index (χ1n) is 10.2. The predicted molar refractivity (Wildman–Crippen MR) is 130 cm³/mol. The molecule has 3 aromatic rings. The second-order valence-electron chi connectivity index (χ2n) is 7.27. The molecule has 0 aliphatic heterocycles. The molecule has 0 radical (unpaired) electrons. The van der Waals surface area contributed by atoms with Crippen LogP contribution in [0.15, 0.2) is 71.6 Å². The van der Waals surface area contributed by atoms with Crippen LogP contribution in [0.1, 0.15) is 18.9 Å². The summed E-state index contributed by atoms with van der Waals surface area (Å²) in [5.41, 5.74) is 1.60. The third-order valence-electron chi connectivity index (χ3n) is 4.88. The Morgan fingerprint density at radius 1 is 1.00 bits per heavy atom. The fourth-order valence-corrected chi connectivity index (χ4v) is 4.28. The molecular weight excluding hydrogens is 464 g/mol. The van der Waals surface area contributed by atoms with E-state index in [1.54, 1.807) is 56.5 Å². The van der Waals surface area contributed by atoms with E-state index in [0.29, 0.717) is 34.3 Å². The van der Waals surface area contributed by atoms with Crippen molar-refractivity contribution < 1.29 is 22.7 Å². The summed E-state index contributed by atoms with van der Waals surface area (Å²) in [5.74, 6) is 0.896. The summed E-state index contributed by atoms with van der Waals surface area (Å²) in [5, 5.41) is 3.19. The summed E-state index contributed by atoms with van der Waals surface area (Å²) in [6.45, 7) is 3.62. The number of sulfonamides is 1. The van der Waals surface area contributed by atoms with Crippen LogP contribution in [0.3, 0.4) is 0 Å². The first kappa shape index (κ1) is 24.4. The van der Waals surface area contributed by atoms with Gasteiger partial charge in [0.2, 0.25) is 0 Å². The van der Waals surface area contributed by atoms with Crippen LogP contribution in [0, 0.1) is 6.92 Å². The van der Waals surface area contributed by atoms with E-state index in [0.717, 1.165) is 5.56 Å². The van der Waals surface area contributed by atoms with Crippen molar-refractivity contribution in [1.29, 1.82) is 0 Å². The van der Waals surface area contributed by atoms with Gasteiger partial charge in [0.1, 0.15) is 11.5 Å². The maximum absolute atomic E-state index is 12.7. The van der Waals surface area contributed by atoms with Crippen LogP contribution >= 0.6 is 11.6 Å². The number of benzene rings is 3. The van der Waals surface area contributed by atoms with Crippen molar-refractivity contribution in [2.24, 2.45) is 0 Å². The van der Waals surface area contributed by atoms with E-state index in [4.69, 9.17) is 21.1 Å². The first-order valence-corrected chi connectivity index (χ1v) is 12.1. The lowest BCUT2D eigenvalue weighted by atomic mass is 10.2. The monoisotopic (exact) mass is 488 g/mol. The van der Waals surface area contributed by atoms with Gasteiger partial charge in [-0.15, -0.1) is 0 Å². The van der Waals surface area contributed by atoms with E-state index >= 15 is 0 Å². The highest BCUT2D eigenvalue weighted by Crippen LogP contribution is 2.24. The van der Waals surface area contributed by atoms with E-state index < -0.39 is 16.1 Å². The molecule has 3 rings (SSSR count). The average Bonchev–Trinajstić information content (AvgIpc) is 2.80. The van der Waals surface area contributed by atoms with Crippen molar-refractivity contribution in [2.75, 3.05) is 17.1 Å². The zero-order chi connectivity index (χ0) is 24.0. The molecule has 2 N–H and O–H groups in total. The molecule has 0 heterocycles. The van der Waals surface area contributed by atoms with Crippen molar-refractivity contribution in [3.05, 3.63) is 77.3 Å². The number of hydrogen-bond donors (Lipinski definition) is 2. The molecule has 9 heteroatoms. The van der Waals surface area contributed by atoms with Gasteiger partial charge in [-0.25, -0.2) is 8.42 Å². The number of halogens is 1. The number of aryl methyl sites for hydroxylation is 1. The highest BCUT2D eigenvalue weighted by molar-refractivity contribution is 7.92. The molecule has 174 valence electrons. The fourth-order valence-electron chi connectivity index (χ4n) is 2.99. The number of nitrogens with one attached hydrogen (secondary N) is 2. The highest BCUT2D eigenvalue weighted by atomic mass is 35.5. The van der Waals surface area contributed by atoms with Gasteiger partial charge in [-0.3, -0.25) is 9.52 Å². The molecule has 0 unspecified atom stereocenters. The fraction of sp³-hybridized carbons (Fsp3) is 0.208. The molecule has 7 nitrogen and oxygen atoms in total.